The lowest BCUT2D eigenvalue weighted by Gasteiger charge is -2.33. The number of hydrogen-bond donors (Lipinski definition) is 1. The van der Waals surface area contributed by atoms with Gasteiger partial charge in [0.2, 0.25) is 5.91 Å². The summed E-state index contributed by atoms with van der Waals surface area (Å²) in [5.41, 5.74) is 6.02. The summed E-state index contributed by atoms with van der Waals surface area (Å²) in [7, 11) is 0. The number of carbonyl (C=O) groups is 2. The third-order valence-electron chi connectivity index (χ3n) is 4.49. The number of benzene rings is 1. The van der Waals surface area contributed by atoms with Crippen molar-refractivity contribution in [2.45, 2.75) is 24.7 Å². The second-order valence-electron chi connectivity index (χ2n) is 6.30. The molecule has 0 fully saturated rings. The number of nitrogens with zero attached hydrogens (tertiary/aromatic N) is 4. The van der Waals surface area contributed by atoms with Crippen LogP contribution < -0.4 is 15.4 Å². The quantitative estimate of drug-likeness (QED) is 0.614. The predicted octanol–water partition coefficient (Wildman–Crippen LogP) is 1.93. The van der Waals surface area contributed by atoms with Crippen LogP contribution in [0.25, 0.3) is 11.6 Å². The lowest BCUT2D eigenvalue weighted by atomic mass is 10.2. The van der Waals surface area contributed by atoms with E-state index < -0.39 is 12.0 Å². The number of rotatable bonds is 6. The number of aromatic nitrogens is 3. The molecule has 29 heavy (non-hydrogen) atoms. The summed E-state index contributed by atoms with van der Waals surface area (Å²) in [6.07, 6.45) is 0.689. The first-order valence-corrected chi connectivity index (χ1v) is 10.0. The Morgan fingerprint density at radius 1 is 1.24 bits per heavy atom. The molecule has 2 aromatic heterocycles. The van der Waals surface area contributed by atoms with E-state index in [4.69, 9.17) is 14.9 Å². The Morgan fingerprint density at radius 2 is 2.07 bits per heavy atom. The molecular formula is C19H19N5O4S. The Balaban J connectivity index is 1.52. The molecule has 1 unspecified atom stereocenters. The number of anilines is 1. The first-order valence-electron chi connectivity index (χ1n) is 9.03. The van der Waals surface area contributed by atoms with Crippen LogP contribution in [0.4, 0.5) is 5.69 Å². The zero-order valence-corrected chi connectivity index (χ0v) is 16.5. The highest BCUT2D eigenvalue weighted by Gasteiger charge is 2.32. The van der Waals surface area contributed by atoms with Crippen LogP contribution in [0.5, 0.6) is 5.75 Å². The standard InChI is InChI=1S/C19H19N5O4S/c1-2-23-18(14-8-5-9-27-14)21-22-19(23)29-11-16(25)24-10-15(17(20)26)28-13-7-4-3-6-12(13)24/h3-9,15H,2,10-11H2,1H3,(H2,20,26). The normalized spacial score (nSPS) is 15.6. The number of para-hydroxylation sites is 2. The Bertz CT molecular complexity index is 1030. The third kappa shape index (κ3) is 3.70. The van der Waals surface area contributed by atoms with Gasteiger partial charge in [-0.2, -0.15) is 0 Å². The van der Waals surface area contributed by atoms with Crippen LogP contribution in [-0.4, -0.2) is 45.0 Å². The molecule has 1 aromatic carbocycles. The number of hydrogen-bond acceptors (Lipinski definition) is 7. The molecule has 0 saturated heterocycles. The average Bonchev–Trinajstić information content (AvgIpc) is 3.40. The molecule has 0 radical (unpaired) electrons. The summed E-state index contributed by atoms with van der Waals surface area (Å²) < 4.78 is 12.9. The second-order valence-corrected chi connectivity index (χ2v) is 7.24. The minimum atomic E-state index is -0.885. The minimum Gasteiger partial charge on any atom is -0.477 e. The van der Waals surface area contributed by atoms with Crippen LogP contribution in [-0.2, 0) is 16.1 Å². The number of furan rings is 1. The van der Waals surface area contributed by atoms with Crippen molar-refractivity contribution >= 4 is 29.3 Å². The molecule has 0 saturated carbocycles. The van der Waals surface area contributed by atoms with Gasteiger partial charge in [-0.1, -0.05) is 23.9 Å². The van der Waals surface area contributed by atoms with Gasteiger partial charge in [-0.3, -0.25) is 14.2 Å². The number of nitrogens with two attached hydrogens (primary N) is 1. The number of thioether (sulfide) groups is 1. The van der Waals surface area contributed by atoms with Gasteiger partial charge in [0.15, 0.2) is 22.8 Å². The Hall–Kier alpha value is -3.27. The highest BCUT2D eigenvalue weighted by atomic mass is 32.2. The van der Waals surface area contributed by atoms with E-state index in [-0.39, 0.29) is 18.2 Å². The first kappa shape index (κ1) is 19.1. The van der Waals surface area contributed by atoms with Crippen LogP contribution in [0.15, 0.2) is 52.2 Å². The molecule has 0 bridgehead atoms. The average molecular weight is 413 g/mol. The van der Waals surface area contributed by atoms with Crippen LogP contribution in [0.2, 0.25) is 0 Å². The number of fused-ring (bicyclic) bond motifs is 1. The fraction of sp³-hybridized carbons (Fsp3) is 0.263. The van der Waals surface area contributed by atoms with Crippen molar-refractivity contribution in [2.75, 3.05) is 17.2 Å². The molecular weight excluding hydrogens is 394 g/mol. The molecule has 150 valence electrons. The lowest BCUT2D eigenvalue weighted by Crippen LogP contribution is -2.49. The van der Waals surface area contributed by atoms with Crippen LogP contribution >= 0.6 is 11.8 Å². The van der Waals surface area contributed by atoms with Crippen molar-refractivity contribution in [1.82, 2.24) is 14.8 Å². The number of primary amides is 1. The smallest absolute Gasteiger partial charge is 0.260 e. The van der Waals surface area contributed by atoms with Crippen molar-refractivity contribution in [3.63, 3.8) is 0 Å². The number of carbonyl (C=O) groups excluding carboxylic acids is 2. The van der Waals surface area contributed by atoms with Crippen molar-refractivity contribution in [3.05, 3.63) is 42.7 Å². The fourth-order valence-electron chi connectivity index (χ4n) is 3.09. The molecule has 4 rings (SSSR count). The Labute approximate surface area is 170 Å². The molecule has 2 amide bonds. The van der Waals surface area contributed by atoms with Gasteiger partial charge in [-0.05, 0) is 31.2 Å². The van der Waals surface area contributed by atoms with Crippen LogP contribution in [0, 0.1) is 0 Å². The Morgan fingerprint density at radius 3 is 2.79 bits per heavy atom. The first-order chi connectivity index (χ1) is 14.1. The molecule has 2 N–H and O–H groups in total. The van der Waals surface area contributed by atoms with E-state index in [0.29, 0.717) is 34.7 Å². The van der Waals surface area contributed by atoms with Gasteiger partial charge in [0.25, 0.3) is 5.91 Å². The molecule has 1 aliphatic heterocycles. The highest BCUT2D eigenvalue weighted by Crippen LogP contribution is 2.34. The second kappa shape index (κ2) is 8.00. The van der Waals surface area contributed by atoms with E-state index in [2.05, 4.69) is 10.2 Å². The van der Waals surface area contributed by atoms with Gasteiger partial charge in [-0.15, -0.1) is 10.2 Å². The minimum absolute atomic E-state index is 0.0733. The van der Waals surface area contributed by atoms with Crippen LogP contribution in [0.3, 0.4) is 0 Å². The maximum absolute atomic E-state index is 13.0. The van der Waals surface area contributed by atoms with E-state index in [0.717, 1.165) is 0 Å². The van der Waals surface area contributed by atoms with E-state index in [1.807, 2.05) is 23.6 Å². The van der Waals surface area contributed by atoms with Crippen LogP contribution in [0.1, 0.15) is 6.92 Å². The summed E-state index contributed by atoms with van der Waals surface area (Å²) in [6.45, 7) is 2.67. The zero-order chi connectivity index (χ0) is 20.4. The van der Waals surface area contributed by atoms with E-state index in [1.165, 1.54) is 16.7 Å². The monoisotopic (exact) mass is 413 g/mol. The summed E-state index contributed by atoms with van der Waals surface area (Å²) >= 11 is 1.28. The molecule has 0 aliphatic carbocycles. The van der Waals surface area contributed by atoms with E-state index in [1.54, 1.807) is 30.5 Å². The van der Waals surface area contributed by atoms with E-state index in [9.17, 15) is 9.59 Å². The maximum Gasteiger partial charge on any atom is 0.260 e. The fourth-order valence-corrected chi connectivity index (χ4v) is 3.97. The van der Waals surface area contributed by atoms with Gasteiger partial charge in [0, 0.05) is 6.54 Å². The van der Waals surface area contributed by atoms with Crippen molar-refractivity contribution < 1.29 is 18.7 Å². The van der Waals surface area contributed by atoms with Crippen molar-refractivity contribution in [3.8, 4) is 17.3 Å². The lowest BCUT2D eigenvalue weighted by molar-refractivity contribution is -0.125. The molecule has 3 aromatic rings. The molecule has 9 nitrogen and oxygen atoms in total. The zero-order valence-electron chi connectivity index (χ0n) is 15.6. The SMILES string of the molecule is CCn1c(SCC(=O)N2CC(C(N)=O)Oc3ccccc32)nnc1-c1ccco1. The van der Waals surface area contributed by atoms with Gasteiger partial charge in [0.1, 0.15) is 5.75 Å². The maximum atomic E-state index is 13.0. The summed E-state index contributed by atoms with van der Waals surface area (Å²) in [5.74, 6) is 1.01. The largest absolute Gasteiger partial charge is 0.477 e. The third-order valence-corrected chi connectivity index (χ3v) is 5.44. The molecule has 0 spiro atoms. The summed E-state index contributed by atoms with van der Waals surface area (Å²) in [4.78, 5) is 26.1. The predicted molar refractivity (Wildman–Crippen MR) is 107 cm³/mol. The van der Waals surface area contributed by atoms with Gasteiger partial charge in [-0.25, -0.2) is 0 Å². The summed E-state index contributed by atoms with van der Waals surface area (Å²) in [6, 6.07) is 10.7. The topological polar surface area (TPSA) is 116 Å². The summed E-state index contributed by atoms with van der Waals surface area (Å²) in [5, 5.41) is 8.99. The molecule has 1 aliphatic rings. The number of amides is 2. The molecule has 1 atom stereocenters. The molecule has 3 heterocycles. The number of ether oxygens (including phenoxy) is 1. The van der Waals surface area contributed by atoms with Gasteiger partial charge >= 0.3 is 0 Å². The van der Waals surface area contributed by atoms with Gasteiger partial charge < -0.3 is 19.8 Å². The Kier molecular flexibility index (Phi) is 5.26. The molecule has 10 heteroatoms. The van der Waals surface area contributed by atoms with Crippen molar-refractivity contribution in [2.24, 2.45) is 5.73 Å². The van der Waals surface area contributed by atoms with Gasteiger partial charge in [0.05, 0.1) is 24.2 Å². The highest BCUT2D eigenvalue weighted by molar-refractivity contribution is 7.99. The van der Waals surface area contributed by atoms with Crippen molar-refractivity contribution in [1.29, 1.82) is 0 Å². The van der Waals surface area contributed by atoms with E-state index >= 15 is 0 Å².